The fourth-order valence-corrected chi connectivity index (χ4v) is 5.09. The highest BCUT2D eigenvalue weighted by molar-refractivity contribution is 7.98. The number of furan rings is 1. The van der Waals surface area contributed by atoms with Crippen LogP contribution in [0.4, 0.5) is 0 Å². The van der Waals surface area contributed by atoms with Crippen molar-refractivity contribution in [2.75, 3.05) is 0 Å². The Morgan fingerprint density at radius 1 is 1.30 bits per heavy atom. The molecule has 23 heavy (non-hydrogen) atoms. The van der Waals surface area contributed by atoms with Gasteiger partial charge >= 0.3 is 5.97 Å². The molecule has 4 rings (SSSR count). The van der Waals surface area contributed by atoms with Gasteiger partial charge in [-0.1, -0.05) is 11.8 Å². The summed E-state index contributed by atoms with van der Waals surface area (Å²) in [6, 6.07) is 3.19. The number of thiophene rings is 1. The zero-order valence-corrected chi connectivity index (χ0v) is 13.9. The third-order valence-electron chi connectivity index (χ3n) is 3.94. The molecule has 0 aliphatic heterocycles. The normalized spacial score (nSPS) is 14.1. The Labute approximate surface area is 140 Å². The minimum Gasteiger partial charge on any atom is -0.475 e. The molecule has 0 saturated heterocycles. The second kappa shape index (κ2) is 5.98. The molecule has 0 unspecified atom stereocenters. The number of rotatable bonds is 4. The average molecular weight is 346 g/mol. The lowest BCUT2D eigenvalue weighted by atomic mass is 9.97. The minimum atomic E-state index is -1.04. The first-order valence-electron chi connectivity index (χ1n) is 7.42. The highest BCUT2D eigenvalue weighted by Gasteiger charge is 2.20. The van der Waals surface area contributed by atoms with Crippen molar-refractivity contribution in [2.45, 2.75) is 36.5 Å². The number of fused-ring (bicyclic) bond motifs is 3. The van der Waals surface area contributed by atoms with Crippen LogP contribution in [0, 0.1) is 0 Å². The van der Waals surface area contributed by atoms with Crippen molar-refractivity contribution in [3.05, 3.63) is 40.4 Å². The van der Waals surface area contributed by atoms with E-state index in [9.17, 15) is 4.79 Å². The minimum absolute atomic E-state index is 0.0265. The number of carbonyl (C=O) groups is 1. The summed E-state index contributed by atoms with van der Waals surface area (Å²) in [5, 5.41) is 11.1. The maximum Gasteiger partial charge on any atom is 0.371 e. The van der Waals surface area contributed by atoms with E-state index in [1.54, 1.807) is 35.5 Å². The van der Waals surface area contributed by atoms with E-state index in [2.05, 4.69) is 9.97 Å². The van der Waals surface area contributed by atoms with Crippen molar-refractivity contribution < 1.29 is 14.3 Å². The van der Waals surface area contributed by atoms with Crippen molar-refractivity contribution in [1.82, 2.24) is 9.97 Å². The Balaban J connectivity index is 1.63. The van der Waals surface area contributed by atoms with Crippen molar-refractivity contribution in [2.24, 2.45) is 0 Å². The molecule has 7 heteroatoms. The number of hydrogen-bond acceptors (Lipinski definition) is 6. The molecule has 0 fully saturated rings. The smallest absolute Gasteiger partial charge is 0.371 e. The Bertz CT molecular complexity index is 885. The standard InChI is InChI=1S/C16H14N2O3S2/c19-16(20)11-6-5-9(21-11)7-22-14-13-10-3-1-2-4-12(10)23-15(13)18-8-17-14/h5-6,8H,1-4,7H2,(H,19,20). The summed E-state index contributed by atoms with van der Waals surface area (Å²) in [7, 11) is 0. The monoisotopic (exact) mass is 346 g/mol. The van der Waals surface area contributed by atoms with Gasteiger partial charge in [0.2, 0.25) is 5.76 Å². The molecule has 0 atom stereocenters. The molecule has 1 aliphatic rings. The van der Waals surface area contributed by atoms with Crippen LogP contribution in [0.1, 0.15) is 39.6 Å². The van der Waals surface area contributed by atoms with Gasteiger partial charge in [-0.3, -0.25) is 0 Å². The van der Waals surface area contributed by atoms with Crippen molar-refractivity contribution >= 4 is 39.3 Å². The Morgan fingerprint density at radius 2 is 2.17 bits per heavy atom. The van der Waals surface area contributed by atoms with Crippen LogP contribution in [0.2, 0.25) is 0 Å². The van der Waals surface area contributed by atoms with Gasteiger partial charge in [0, 0.05) is 10.3 Å². The van der Waals surface area contributed by atoms with Crippen LogP contribution in [0.5, 0.6) is 0 Å². The molecule has 0 amide bonds. The fraction of sp³-hybridized carbons (Fsp3) is 0.312. The van der Waals surface area contributed by atoms with Crippen LogP contribution in [0.25, 0.3) is 10.2 Å². The summed E-state index contributed by atoms with van der Waals surface area (Å²) in [5.41, 5.74) is 1.41. The molecule has 3 heterocycles. The third kappa shape index (κ3) is 2.74. The molecule has 1 aliphatic carbocycles. The molecule has 0 aromatic carbocycles. The summed E-state index contributed by atoms with van der Waals surface area (Å²) in [5.74, 6) is 0.131. The van der Waals surface area contributed by atoms with Crippen LogP contribution in [-0.2, 0) is 18.6 Å². The zero-order valence-electron chi connectivity index (χ0n) is 12.2. The molecule has 3 aromatic heterocycles. The average Bonchev–Trinajstić information content (AvgIpc) is 3.17. The van der Waals surface area contributed by atoms with E-state index >= 15 is 0 Å². The molecule has 0 saturated carbocycles. The molecule has 0 bridgehead atoms. The number of aromatic carboxylic acids is 1. The number of hydrogen-bond donors (Lipinski definition) is 1. The molecule has 3 aromatic rings. The summed E-state index contributed by atoms with van der Waals surface area (Å²) >= 11 is 3.35. The van der Waals surface area contributed by atoms with E-state index in [0.717, 1.165) is 22.7 Å². The number of carboxylic acid groups (broad SMARTS) is 1. The second-order valence-corrected chi connectivity index (χ2v) is 7.48. The summed E-state index contributed by atoms with van der Waals surface area (Å²) < 4.78 is 5.31. The van der Waals surface area contributed by atoms with Gasteiger partial charge in [0.25, 0.3) is 0 Å². The summed E-state index contributed by atoms with van der Waals surface area (Å²) in [6.45, 7) is 0. The number of carboxylic acids is 1. The first-order valence-corrected chi connectivity index (χ1v) is 9.22. The van der Waals surface area contributed by atoms with Crippen molar-refractivity contribution in [3.8, 4) is 0 Å². The lowest BCUT2D eigenvalue weighted by Gasteiger charge is -2.11. The molecule has 1 N–H and O–H groups in total. The Morgan fingerprint density at radius 3 is 3.00 bits per heavy atom. The lowest BCUT2D eigenvalue weighted by Crippen LogP contribution is -1.99. The number of nitrogens with zero attached hydrogens (tertiary/aromatic N) is 2. The van der Waals surface area contributed by atoms with E-state index in [0.29, 0.717) is 11.5 Å². The van der Waals surface area contributed by atoms with Crippen LogP contribution in [-0.4, -0.2) is 21.0 Å². The number of aromatic nitrogens is 2. The lowest BCUT2D eigenvalue weighted by molar-refractivity contribution is 0.0661. The highest BCUT2D eigenvalue weighted by Crippen LogP contribution is 2.39. The fourth-order valence-electron chi connectivity index (χ4n) is 2.88. The van der Waals surface area contributed by atoms with E-state index in [4.69, 9.17) is 9.52 Å². The third-order valence-corrected chi connectivity index (χ3v) is 6.15. The van der Waals surface area contributed by atoms with Crippen LogP contribution in [0.3, 0.4) is 0 Å². The first kappa shape index (κ1) is 14.7. The van der Waals surface area contributed by atoms with Gasteiger partial charge in [0.1, 0.15) is 21.9 Å². The van der Waals surface area contributed by atoms with Gasteiger partial charge in [-0.25, -0.2) is 14.8 Å². The van der Waals surface area contributed by atoms with E-state index in [1.165, 1.54) is 34.7 Å². The van der Waals surface area contributed by atoms with Gasteiger partial charge in [-0.15, -0.1) is 11.3 Å². The maximum atomic E-state index is 10.9. The van der Waals surface area contributed by atoms with Crippen LogP contribution < -0.4 is 0 Å². The second-order valence-electron chi connectivity index (χ2n) is 5.43. The van der Waals surface area contributed by atoms with Gasteiger partial charge in [0.05, 0.1) is 5.75 Å². The molecular weight excluding hydrogens is 332 g/mol. The van der Waals surface area contributed by atoms with Gasteiger partial charge in [-0.2, -0.15) is 0 Å². The largest absolute Gasteiger partial charge is 0.475 e. The molecule has 0 radical (unpaired) electrons. The van der Waals surface area contributed by atoms with Crippen LogP contribution in [0.15, 0.2) is 27.9 Å². The topological polar surface area (TPSA) is 76.2 Å². The summed E-state index contributed by atoms with van der Waals surface area (Å²) in [4.78, 5) is 22.2. The predicted octanol–water partition coefficient (Wildman–Crippen LogP) is 4.15. The molecule has 5 nitrogen and oxygen atoms in total. The van der Waals surface area contributed by atoms with Crippen molar-refractivity contribution in [1.29, 1.82) is 0 Å². The number of aryl methyl sites for hydroxylation is 2. The van der Waals surface area contributed by atoms with E-state index < -0.39 is 5.97 Å². The van der Waals surface area contributed by atoms with Crippen molar-refractivity contribution in [3.63, 3.8) is 0 Å². The molecule has 118 valence electrons. The predicted molar refractivity (Wildman–Crippen MR) is 89.3 cm³/mol. The molecular formula is C16H14N2O3S2. The van der Waals surface area contributed by atoms with E-state index in [-0.39, 0.29) is 5.76 Å². The maximum absolute atomic E-state index is 10.9. The van der Waals surface area contributed by atoms with Crippen LogP contribution >= 0.6 is 23.1 Å². The Kier molecular flexibility index (Phi) is 3.82. The van der Waals surface area contributed by atoms with Gasteiger partial charge in [0.15, 0.2) is 0 Å². The molecule has 0 spiro atoms. The first-order chi connectivity index (χ1) is 11.2. The Hall–Kier alpha value is -1.86. The summed E-state index contributed by atoms with van der Waals surface area (Å²) in [6.07, 6.45) is 6.32. The van der Waals surface area contributed by atoms with Gasteiger partial charge < -0.3 is 9.52 Å². The zero-order chi connectivity index (χ0) is 15.8. The highest BCUT2D eigenvalue weighted by atomic mass is 32.2. The quantitative estimate of drug-likeness (QED) is 0.565. The SMILES string of the molecule is O=C(O)c1ccc(CSc2ncnc3sc4c(c23)CCCC4)o1. The van der Waals surface area contributed by atoms with Gasteiger partial charge in [-0.05, 0) is 43.4 Å². The van der Waals surface area contributed by atoms with E-state index in [1.807, 2.05) is 0 Å². The number of thioether (sulfide) groups is 1.